The first-order valence-electron chi connectivity index (χ1n) is 7.40. The Bertz CT molecular complexity index is 415. The minimum atomic E-state index is 0.536. The van der Waals surface area contributed by atoms with Crippen LogP contribution in [0.3, 0.4) is 0 Å². The van der Waals surface area contributed by atoms with E-state index >= 15 is 0 Å². The van der Waals surface area contributed by atoms with Gasteiger partial charge in [0.25, 0.3) is 0 Å². The van der Waals surface area contributed by atoms with Gasteiger partial charge in [0.2, 0.25) is 0 Å². The topological polar surface area (TPSA) is 15.3 Å². The van der Waals surface area contributed by atoms with Crippen LogP contribution in [0.15, 0.2) is 22.7 Å². The summed E-state index contributed by atoms with van der Waals surface area (Å²) < 4.78 is 1.20. The van der Waals surface area contributed by atoms with E-state index in [4.69, 9.17) is 0 Å². The molecule has 0 saturated heterocycles. The predicted molar refractivity (Wildman–Crippen MR) is 85.6 cm³/mol. The molecule has 2 unspecified atom stereocenters. The molecule has 1 aliphatic carbocycles. The highest BCUT2D eigenvalue weighted by Gasteiger charge is 2.23. The van der Waals surface area contributed by atoms with E-state index in [1.807, 2.05) is 0 Å². The van der Waals surface area contributed by atoms with Gasteiger partial charge in [-0.05, 0) is 56.1 Å². The van der Waals surface area contributed by atoms with Crippen LogP contribution in [-0.4, -0.2) is 30.6 Å². The van der Waals surface area contributed by atoms with Gasteiger partial charge in [-0.1, -0.05) is 35.8 Å². The number of hydrogen-bond donors (Lipinski definition) is 1. The lowest BCUT2D eigenvalue weighted by Crippen LogP contribution is -2.40. The van der Waals surface area contributed by atoms with E-state index in [9.17, 15) is 0 Å². The van der Waals surface area contributed by atoms with E-state index in [0.717, 1.165) is 19.6 Å². The number of hydrogen-bond acceptors (Lipinski definition) is 2. The molecule has 3 heteroatoms. The van der Waals surface area contributed by atoms with Crippen LogP contribution in [0.1, 0.15) is 44.4 Å². The lowest BCUT2D eigenvalue weighted by atomic mass is 10.1. The van der Waals surface area contributed by atoms with Crippen molar-refractivity contribution in [2.24, 2.45) is 0 Å². The molecule has 2 rings (SSSR count). The predicted octanol–water partition coefficient (Wildman–Crippen LogP) is 3.76. The SMILES string of the molecule is CCN(CC)CC(C)NC1CCc2cc(Br)ccc21. The third kappa shape index (κ3) is 3.80. The summed E-state index contributed by atoms with van der Waals surface area (Å²) in [5.74, 6) is 0. The molecule has 2 atom stereocenters. The van der Waals surface area contributed by atoms with Crippen molar-refractivity contribution in [3.8, 4) is 0 Å². The van der Waals surface area contributed by atoms with Crippen LogP contribution in [0.4, 0.5) is 0 Å². The summed E-state index contributed by atoms with van der Waals surface area (Å²) in [6.45, 7) is 10.2. The fourth-order valence-electron chi connectivity index (χ4n) is 3.02. The van der Waals surface area contributed by atoms with Crippen LogP contribution in [0, 0.1) is 0 Å². The number of nitrogens with zero attached hydrogens (tertiary/aromatic N) is 1. The maximum absolute atomic E-state index is 3.80. The zero-order valence-electron chi connectivity index (χ0n) is 12.2. The van der Waals surface area contributed by atoms with E-state index in [2.05, 4.69) is 65.1 Å². The second-order valence-corrected chi connectivity index (χ2v) is 6.40. The molecule has 1 aromatic carbocycles. The van der Waals surface area contributed by atoms with Gasteiger partial charge in [-0.15, -0.1) is 0 Å². The minimum absolute atomic E-state index is 0.536. The van der Waals surface area contributed by atoms with E-state index < -0.39 is 0 Å². The van der Waals surface area contributed by atoms with Crippen molar-refractivity contribution >= 4 is 15.9 Å². The summed E-state index contributed by atoms with van der Waals surface area (Å²) in [6, 6.07) is 7.78. The summed E-state index contributed by atoms with van der Waals surface area (Å²) in [6.07, 6.45) is 2.43. The van der Waals surface area contributed by atoms with Crippen molar-refractivity contribution in [3.63, 3.8) is 0 Å². The molecule has 0 fully saturated rings. The monoisotopic (exact) mass is 324 g/mol. The van der Waals surface area contributed by atoms with Crippen LogP contribution < -0.4 is 5.32 Å². The molecule has 106 valence electrons. The number of benzene rings is 1. The van der Waals surface area contributed by atoms with Gasteiger partial charge >= 0.3 is 0 Å². The highest BCUT2D eigenvalue weighted by atomic mass is 79.9. The molecule has 1 N–H and O–H groups in total. The molecule has 0 aliphatic heterocycles. The number of halogens is 1. The van der Waals surface area contributed by atoms with Crippen molar-refractivity contribution in [2.45, 2.75) is 45.7 Å². The number of aryl methyl sites for hydroxylation is 1. The Morgan fingerprint density at radius 1 is 1.37 bits per heavy atom. The van der Waals surface area contributed by atoms with Crippen LogP contribution >= 0.6 is 15.9 Å². The molecule has 1 aromatic rings. The zero-order valence-corrected chi connectivity index (χ0v) is 13.8. The summed E-state index contributed by atoms with van der Waals surface area (Å²) in [7, 11) is 0. The zero-order chi connectivity index (χ0) is 13.8. The van der Waals surface area contributed by atoms with Crippen LogP contribution in [0.25, 0.3) is 0 Å². The Labute approximate surface area is 125 Å². The first-order valence-corrected chi connectivity index (χ1v) is 8.20. The van der Waals surface area contributed by atoms with Crippen molar-refractivity contribution in [1.82, 2.24) is 10.2 Å². The first kappa shape index (κ1) is 15.0. The Kier molecular flexibility index (Phi) is 5.43. The second-order valence-electron chi connectivity index (χ2n) is 5.49. The average Bonchev–Trinajstić information content (AvgIpc) is 2.78. The third-order valence-electron chi connectivity index (χ3n) is 4.09. The quantitative estimate of drug-likeness (QED) is 0.857. The smallest absolute Gasteiger partial charge is 0.0328 e. The molecule has 2 nitrogen and oxygen atoms in total. The fraction of sp³-hybridized carbons (Fsp3) is 0.625. The Balaban J connectivity index is 1.95. The van der Waals surface area contributed by atoms with E-state index in [1.165, 1.54) is 28.4 Å². The summed E-state index contributed by atoms with van der Waals surface area (Å²) in [5.41, 5.74) is 3.00. The Hall–Kier alpha value is -0.380. The standard InChI is InChI=1S/C16H25BrN2/c1-4-19(5-2)11-12(3)18-16-9-6-13-10-14(17)7-8-15(13)16/h7-8,10,12,16,18H,4-6,9,11H2,1-3H3. The molecule has 19 heavy (non-hydrogen) atoms. The molecule has 0 amide bonds. The number of rotatable bonds is 6. The van der Waals surface area contributed by atoms with Crippen LogP contribution in [0.2, 0.25) is 0 Å². The van der Waals surface area contributed by atoms with Gasteiger partial charge in [0.15, 0.2) is 0 Å². The Morgan fingerprint density at radius 2 is 2.11 bits per heavy atom. The van der Waals surface area contributed by atoms with Crippen molar-refractivity contribution in [3.05, 3.63) is 33.8 Å². The lowest BCUT2D eigenvalue weighted by molar-refractivity contribution is 0.261. The van der Waals surface area contributed by atoms with E-state index in [-0.39, 0.29) is 0 Å². The van der Waals surface area contributed by atoms with Crippen LogP contribution in [0.5, 0.6) is 0 Å². The molecule has 0 radical (unpaired) electrons. The molecular formula is C16H25BrN2. The average molecular weight is 325 g/mol. The van der Waals surface area contributed by atoms with Gasteiger partial charge in [-0.3, -0.25) is 0 Å². The lowest BCUT2D eigenvalue weighted by Gasteiger charge is -2.26. The number of fused-ring (bicyclic) bond motifs is 1. The molecule has 0 bridgehead atoms. The molecular weight excluding hydrogens is 300 g/mol. The van der Waals surface area contributed by atoms with Crippen molar-refractivity contribution in [1.29, 1.82) is 0 Å². The normalized spacial score (nSPS) is 19.7. The fourth-order valence-corrected chi connectivity index (χ4v) is 3.43. The van der Waals surface area contributed by atoms with Gasteiger partial charge in [0, 0.05) is 23.1 Å². The van der Waals surface area contributed by atoms with E-state index in [1.54, 1.807) is 0 Å². The third-order valence-corrected chi connectivity index (χ3v) is 4.59. The molecule has 0 spiro atoms. The minimum Gasteiger partial charge on any atom is -0.306 e. The number of nitrogens with one attached hydrogen (secondary N) is 1. The summed E-state index contributed by atoms with van der Waals surface area (Å²) in [5, 5.41) is 3.80. The molecule has 1 aliphatic rings. The van der Waals surface area contributed by atoms with Crippen molar-refractivity contribution in [2.75, 3.05) is 19.6 Å². The summed E-state index contributed by atoms with van der Waals surface area (Å²) >= 11 is 3.56. The highest BCUT2D eigenvalue weighted by molar-refractivity contribution is 9.10. The second kappa shape index (κ2) is 6.87. The highest BCUT2D eigenvalue weighted by Crippen LogP contribution is 2.33. The first-order chi connectivity index (χ1) is 9.13. The van der Waals surface area contributed by atoms with Gasteiger partial charge < -0.3 is 10.2 Å². The van der Waals surface area contributed by atoms with E-state index in [0.29, 0.717) is 12.1 Å². The maximum Gasteiger partial charge on any atom is 0.0328 e. The largest absolute Gasteiger partial charge is 0.306 e. The molecule has 0 heterocycles. The van der Waals surface area contributed by atoms with Gasteiger partial charge in [-0.25, -0.2) is 0 Å². The number of likely N-dealkylation sites (N-methyl/N-ethyl adjacent to an activating group) is 1. The van der Waals surface area contributed by atoms with Gasteiger partial charge in [0.05, 0.1) is 0 Å². The summed E-state index contributed by atoms with van der Waals surface area (Å²) in [4.78, 5) is 2.48. The Morgan fingerprint density at radius 3 is 2.79 bits per heavy atom. The maximum atomic E-state index is 3.80. The van der Waals surface area contributed by atoms with Crippen LogP contribution in [-0.2, 0) is 6.42 Å². The molecule has 0 aromatic heterocycles. The van der Waals surface area contributed by atoms with Crippen molar-refractivity contribution < 1.29 is 0 Å². The van der Waals surface area contributed by atoms with Gasteiger partial charge in [0.1, 0.15) is 0 Å². The van der Waals surface area contributed by atoms with Gasteiger partial charge in [-0.2, -0.15) is 0 Å². The molecule has 0 saturated carbocycles.